The Balaban J connectivity index is 1.57. The van der Waals surface area contributed by atoms with Crippen LogP contribution in [0.3, 0.4) is 0 Å². The summed E-state index contributed by atoms with van der Waals surface area (Å²) in [7, 11) is 0. The van der Waals surface area contributed by atoms with E-state index in [4.69, 9.17) is 0 Å². The van der Waals surface area contributed by atoms with Gasteiger partial charge < -0.3 is 10.6 Å². The molecule has 0 radical (unpaired) electrons. The standard InChI is InChI=1S/C15H22N4O/c1-2-7-16-14-6-5-12(18-19-14)15(20)17-13-9-10-3-4-11(13)8-10/h5-6,10-11,13H,2-4,7-9H2,1H3,(H,16,19)(H,17,20). The lowest BCUT2D eigenvalue weighted by molar-refractivity contribution is 0.0917. The summed E-state index contributed by atoms with van der Waals surface area (Å²) in [4.78, 5) is 12.2. The van der Waals surface area contributed by atoms with Crippen molar-refractivity contribution in [3.8, 4) is 0 Å². The van der Waals surface area contributed by atoms with Gasteiger partial charge in [-0.15, -0.1) is 10.2 Å². The second-order valence-corrected chi connectivity index (χ2v) is 5.99. The predicted octanol–water partition coefficient (Wildman–Crippen LogP) is 2.22. The number of hydrogen-bond acceptors (Lipinski definition) is 4. The molecule has 2 aliphatic rings. The average molecular weight is 274 g/mol. The fraction of sp³-hybridized carbons (Fsp3) is 0.667. The number of nitrogens with one attached hydrogen (secondary N) is 2. The van der Waals surface area contributed by atoms with Crippen molar-refractivity contribution in [2.75, 3.05) is 11.9 Å². The molecule has 3 atom stereocenters. The number of carbonyl (C=O) groups is 1. The normalized spacial score (nSPS) is 27.6. The third kappa shape index (κ3) is 2.76. The van der Waals surface area contributed by atoms with E-state index in [0.29, 0.717) is 17.7 Å². The van der Waals surface area contributed by atoms with E-state index in [-0.39, 0.29) is 5.91 Å². The lowest BCUT2D eigenvalue weighted by Crippen LogP contribution is -2.38. The van der Waals surface area contributed by atoms with Gasteiger partial charge >= 0.3 is 0 Å². The maximum Gasteiger partial charge on any atom is 0.272 e. The molecule has 1 amide bonds. The van der Waals surface area contributed by atoms with Crippen LogP contribution in [0.4, 0.5) is 5.82 Å². The minimum Gasteiger partial charge on any atom is -0.369 e. The summed E-state index contributed by atoms with van der Waals surface area (Å²) in [5, 5.41) is 14.3. The number of carbonyl (C=O) groups excluding carboxylic acids is 1. The van der Waals surface area contributed by atoms with Crippen LogP contribution in [0.25, 0.3) is 0 Å². The van der Waals surface area contributed by atoms with Gasteiger partial charge in [0.15, 0.2) is 5.69 Å². The molecule has 0 aromatic carbocycles. The molecule has 5 nitrogen and oxygen atoms in total. The summed E-state index contributed by atoms with van der Waals surface area (Å²) < 4.78 is 0. The Hall–Kier alpha value is -1.65. The topological polar surface area (TPSA) is 66.9 Å². The van der Waals surface area contributed by atoms with Crippen LogP contribution in [0.5, 0.6) is 0 Å². The molecular weight excluding hydrogens is 252 g/mol. The second kappa shape index (κ2) is 5.77. The van der Waals surface area contributed by atoms with E-state index >= 15 is 0 Å². The van der Waals surface area contributed by atoms with Crippen LogP contribution in [-0.4, -0.2) is 28.7 Å². The van der Waals surface area contributed by atoms with Gasteiger partial charge in [-0.25, -0.2) is 0 Å². The van der Waals surface area contributed by atoms with Crippen LogP contribution in [0.2, 0.25) is 0 Å². The highest BCUT2D eigenvalue weighted by molar-refractivity contribution is 5.92. The van der Waals surface area contributed by atoms with Crippen molar-refractivity contribution in [2.24, 2.45) is 11.8 Å². The molecule has 0 aliphatic heterocycles. The maximum absolute atomic E-state index is 12.2. The molecule has 5 heteroatoms. The predicted molar refractivity (Wildman–Crippen MR) is 77.5 cm³/mol. The van der Waals surface area contributed by atoms with Gasteiger partial charge in [0, 0.05) is 12.6 Å². The summed E-state index contributed by atoms with van der Waals surface area (Å²) in [6.45, 7) is 2.96. The average Bonchev–Trinajstić information content (AvgIpc) is 3.08. The van der Waals surface area contributed by atoms with Crippen molar-refractivity contribution in [3.05, 3.63) is 17.8 Å². The molecular formula is C15H22N4O. The van der Waals surface area contributed by atoms with E-state index in [1.54, 1.807) is 6.07 Å². The molecule has 3 unspecified atom stereocenters. The third-order valence-electron chi connectivity index (χ3n) is 4.51. The number of nitrogens with zero attached hydrogens (tertiary/aromatic N) is 2. The van der Waals surface area contributed by atoms with Crippen molar-refractivity contribution in [1.29, 1.82) is 0 Å². The van der Waals surface area contributed by atoms with E-state index in [9.17, 15) is 4.79 Å². The second-order valence-electron chi connectivity index (χ2n) is 5.99. The molecule has 2 fully saturated rings. The first kappa shape index (κ1) is 13.3. The largest absolute Gasteiger partial charge is 0.369 e. The van der Waals surface area contributed by atoms with Crippen LogP contribution >= 0.6 is 0 Å². The maximum atomic E-state index is 12.2. The lowest BCUT2D eigenvalue weighted by Gasteiger charge is -2.22. The highest BCUT2D eigenvalue weighted by Crippen LogP contribution is 2.44. The minimum atomic E-state index is -0.0860. The number of fused-ring (bicyclic) bond motifs is 2. The Bertz CT molecular complexity index is 473. The Labute approximate surface area is 119 Å². The summed E-state index contributed by atoms with van der Waals surface area (Å²) in [5.41, 5.74) is 0.412. The molecule has 3 rings (SSSR count). The first-order valence-electron chi connectivity index (χ1n) is 7.64. The van der Waals surface area contributed by atoms with Gasteiger partial charge in [0.25, 0.3) is 5.91 Å². The smallest absolute Gasteiger partial charge is 0.272 e. The van der Waals surface area contributed by atoms with E-state index in [1.807, 2.05) is 6.07 Å². The molecule has 20 heavy (non-hydrogen) atoms. The van der Waals surface area contributed by atoms with Crippen molar-refractivity contribution in [3.63, 3.8) is 0 Å². The first-order chi connectivity index (χ1) is 9.76. The number of anilines is 1. The Morgan fingerprint density at radius 3 is 2.80 bits per heavy atom. The van der Waals surface area contributed by atoms with E-state index in [0.717, 1.165) is 31.1 Å². The Morgan fingerprint density at radius 2 is 2.20 bits per heavy atom. The van der Waals surface area contributed by atoms with Crippen molar-refractivity contribution in [2.45, 2.75) is 45.1 Å². The molecule has 1 aromatic heterocycles. The molecule has 0 saturated heterocycles. The lowest BCUT2D eigenvalue weighted by atomic mass is 9.95. The van der Waals surface area contributed by atoms with E-state index in [1.165, 1.54) is 19.3 Å². The zero-order valence-corrected chi connectivity index (χ0v) is 11.9. The molecule has 0 spiro atoms. The molecule has 1 aromatic rings. The summed E-state index contributed by atoms with van der Waals surface area (Å²) in [6, 6.07) is 3.91. The van der Waals surface area contributed by atoms with Gasteiger partial charge in [-0.05, 0) is 49.7 Å². The van der Waals surface area contributed by atoms with Gasteiger partial charge in [0.2, 0.25) is 0 Å². The number of hydrogen-bond donors (Lipinski definition) is 2. The van der Waals surface area contributed by atoms with E-state index < -0.39 is 0 Å². The van der Waals surface area contributed by atoms with Gasteiger partial charge in [0.05, 0.1) is 0 Å². The van der Waals surface area contributed by atoms with Crippen LogP contribution in [0, 0.1) is 11.8 Å². The van der Waals surface area contributed by atoms with Crippen molar-refractivity contribution in [1.82, 2.24) is 15.5 Å². The monoisotopic (exact) mass is 274 g/mol. The Kier molecular flexibility index (Phi) is 3.85. The van der Waals surface area contributed by atoms with E-state index in [2.05, 4.69) is 27.8 Å². The quantitative estimate of drug-likeness (QED) is 0.864. The summed E-state index contributed by atoms with van der Waals surface area (Å²) in [5.74, 6) is 2.15. The molecule has 2 aliphatic carbocycles. The van der Waals surface area contributed by atoms with Crippen LogP contribution < -0.4 is 10.6 Å². The van der Waals surface area contributed by atoms with Gasteiger partial charge in [0.1, 0.15) is 5.82 Å². The highest BCUT2D eigenvalue weighted by Gasteiger charge is 2.40. The van der Waals surface area contributed by atoms with Crippen LogP contribution in [-0.2, 0) is 0 Å². The fourth-order valence-corrected chi connectivity index (χ4v) is 3.46. The third-order valence-corrected chi connectivity index (χ3v) is 4.51. The molecule has 2 N–H and O–H groups in total. The van der Waals surface area contributed by atoms with Crippen LogP contribution in [0.1, 0.15) is 49.5 Å². The van der Waals surface area contributed by atoms with Crippen molar-refractivity contribution < 1.29 is 4.79 Å². The molecule has 2 saturated carbocycles. The zero-order valence-electron chi connectivity index (χ0n) is 11.9. The molecule has 2 bridgehead atoms. The number of amides is 1. The number of rotatable bonds is 5. The summed E-state index contributed by atoms with van der Waals surface area (Å²) >= 11 is 0. The molecule has 108 valence electrons. The molecule has 1 heterocycles. The summed E-state index contributed by atoms with van der Waals surface area (Å²) in [6.07, 6.45) is 6.07. The van der Waals surface area contributed by atoms with Gasteiger partial charge in [-0.1, -0.05) is 13.3 Å². The highest BCUT2D eigenvalue weighted by atomic mass is 16.2. The van der Waals surface area contributed by atoms with Gasteiger partial charge in [-0.2, -0.15) is 0 Å². The Morgan fingerprint density at radius 1 is 1.30 bits per heavy atom. The van der Waals surface area contributed by atoms with Crippen molar-refractivity contribution >= 4 is 11.7 Å². The minimum absolute atomic E-state index is 0.0860. The first-order valence-corrected chi connectivity index (χ1v) is 7.64. The SMILES string of the molecule is CCCNc1ccc(C(=O)NC2CC3CCC2C3)nn1. The zero-order chi connectivity index (χ0) is 13.9. The van der Waals surface area contributed by atoms with Crippen LogP contribution in [0.15, 0.2) is 12.1 Å². The number of aromatic nitrogens is 2. The van der Waals surface area contributed by atoms with Gasteiger partial charge in [-0.3, -0.25) is 4.79 Å². The fourth-order valence-electron chi connectivity index (χ4n) is 3.46.